The molecule has 0 unspecified atom stereocenters. The van der Waals surface area contributed by atoms with E-state index < -0.39 is 0 Å². The standard InChI is InChI=1S/C18H20ClN5O2S/c1-11-10-13(21-22(11)2)17(25)23-6-8-24(9-7-23)18-20-15-14(26-3)5-4-12(19)16(15)27-18/h4-5,10H,6-9H2,1-3H3. The molecule has 0 N–H and O–H groups in total. The lowest BCUT2D eigenvalue weighted by Crippen LogP contribution is -2.48. The van der Waals surface area contributed by atoms with Gasteiger partial charge in [0.1, 0.15) is 11.3 Å². The van der Waals surface area contributed by atoms with Crippen molar-refractivity contribution in [3.63, 3.8) is 0 Å². The molecule has 1 amide bonds. The zero-order valence-electron chi connectivity index (χ0n) is 15.4. The molecule has 3 aromatic rings. The minimum Gasteiger partial charge on any atom is -0.494 e. The third-order valence-electron chi connectivity index (χ3n) is 4.84. The summed E-state index contributed by atoms with van der Waals surface area (Å²) in [7, 11) is 3.47. The van der Waals surface area contributed by atoms with Crippen LogP contribution in [0.1, 0.15) is 16.2 Å². The van der Waals surface area contributed by atoms with Gasteiger partial charge in [0.2, 0.25) is 0 Å². The van der Waals surface area contributed by atoms with E-state index in [1.807, 2.05) is 37.1 Å². The van der Waals surface area contributed by atoms with Crippen molar-refractivity contribution in [1.29, 1.82) is 0 Å². The van der Waals surface area contributed by atoms with Crippen molar-refractivity contribution < 1.29 is 9.53 Å². The molecular formula is C18H20ClN5O2S. The number of anilines is 1. The fourth-order valence-corrected chi connectivity index (χ4v) is 4.48. The molecule has 0 spiro atoms. The van der Waals surface area contributed by atoms with Gasteiger partial charge in [-0.25, -0.2) is 4.98 Å². The van der Waals surface area contributed by atoms with Crippen LogP contribution in [0.15, 0.2) is 18.2 Å². The van der Waals surface area contributed by atoms with Crippen LogP contribution in [-0.4, -0.2) is 58.9 Å². The quantitative estimate of drug-likeness (QED) is 0.670. The summed E-state index contributed by atoms with van der Waals surface area (Å²) in [6.07, 6.45) is 0. The number of halogens is 1. The molecular weight excluding hydrogens is 386 g/mol. The van der Waals surface area contributed by atoms with Crippen molar-refractivity contribution in [2.75, 3.05) is 38.2 Å². The molecule has 142 valence electrons. The smallest absolute Gasteiger partial charge is 0.274 e. The van der Waals surface area contributed by atoms with Crippen molar-refractivity contribution in [3.05, 3.63) is 34.6 Å². The number of ether oxygens (including phenoxy) is 1. The molecule has 0 radical (unpaired) electrons. The summed E-state index contributed by atoms with van der Waals surface area (Å²) in [4.78, 5) is 21.4. The molecule has 1 aromatic carbocycles. The number of hydrogen-bond donors (Lipinski definition) is 0. The predicted octanol–water partition coefficient (Wildman–Crippen LogP) is 2.96. The molecule has 0 saturated carbocycles. The molecule has 0 aliphatic carbocycles. The van der Waals surface area contributed by atoms with Gasteiger partial charge in [-0.15, -0.1) is 0 Å². The number of aryl methyl sites for hydroxylation is 2. The average molecular weight is 406 g/mol. The van der Waals surface area contributed by atoms with Crippen molar-refractivity contribution in [2.24, 2.45) is 7.05 Å². The third-order valence-corrected chi connectivity index (χ3v) is 6.41. The highest BCUT2D eigenvalue weighted by Gasteiger charge is 2.26. The molecule has 3 heterocycles. The van der Waals surface area contributed by atoms with E-state index in [9.17, 15) is 4.79 Å². The maximum Gasteiger partial charge on any atom is 0.274 e. The molecule has 7 nitrogen and oxygen atoms in total. The van der Waals surface area contributed by atoms with E-state index in [1.165, 1.54) is 0 Å². The number of thiazole rings is 1. The first-order valence-electron chi connectivity index (χ1n) is 8.66. The first-order chi connectivity index (χ1) is 13.0. The number of nitrogens with zero attached hydrogens (tertiary/aromatic N) is 5. The van der Waals surface area contributed by atoms with Crippen LogP contribution in [0.4, 0.5) is 5.13 Å². The minimum atomic E-state index is -0.0210. The van der Waals surface area contributed by atoms with Gasteiger partial charge in [0, 0.05) is 38.9 Å². The van der Waals surface area contributed by atoms with Gasteiger partial charge in [-0.05, 0) is 25.1 Å². The van der Waals surface area contributed by atoms with Crippen molar-refractivity contribution in [3.8, 4) is 5.75 Å². The number of aromatic nitrogens is 3. The average Bonchev–Trinajstić information content (AvgIpc) is 3.27. The number of carbonyl (C=O) groups excluding carboxylic acids is 1. The van der Waals surface area contributed by atoms with Crippen LogP contribution in [0.25, 0.3) is 10.2 Å². The van der Waals surface area contributed by atoms with E-state index in [0.29, 0.717) is 23.8 Å². The molecule has 0 atom stereocenters. The van der Waals surface area contributed by atoms with Gasteiger partial charge in [-0.1, -0.05) is 22.9 Å². The Bertz CT molecular complexity index is 987. The van der Waals surface area contributed by atoms with E-state index in [0.717, 1.165) is 39.9 Å². The predicted molar refractivity (Wildman–Crippen MR) is 107 cm³/mol. The van der Waals surface area contributed by atoms with E-state index in [4.69, 9.17) is 21.3 Å². The molecule has 0 bridgehead atoms. The SMILES string of the molecule is COc1ccc(Cl)c2sc(N3CCN(C(=O)c4cc(C)n(C)n4)CC3)nc12. The number of amides is 1. The van der Waals surface area contributed by atoms with Gasteiger partial charge < -0.3 is 14.5 Å². The second kappa shape index (κ2) is 7.01. The zero-order chi connectivity index (χ0) is 19.1. The van der Waals surface area contributed by atoms with Gasteiger partial charge in [-0.2, -0.15) is 5.10 Å². The summed E-state index contributed by atoms with van der Waals surface area (Å²) in [5.74, 6) is 0.698. The molecule has 2 aromatic heterocycles. The number of benzene rings is 1. The first kappa shape index (κ1) is 18.1. The Kier molecular flexibility index (Phi) is 4.69. The fraction of sp³-hybridized carbons (Fsp3) is 0.389. The molecule has 1 aliphatic rings. The highest BCUT2D eigenvalue weighted by atomic mass is 35.5. The van der Waals surface area contributed by atoms with Crippen molar-refractivity contribution in [1.82, 2.24) is 19.7 Å². The number of fused-ring (bicyclic) bond motifs is 1. The van der Waals surface area contributed by atoms with Crippen LogP contribution in [0.2, 0.25) is 5.02 Å². The van der Waals surface area contributed by atoms with Crippen molar-refractivity contribution >= 4 is 44.2 Å². The lowest BCUT2D eigenvalue weighted by molar-refractivity contribution is 0.0740. The van der Waals surface area contributed by atoms with Gasteiger partial charge in [-0.3, -0.25) is 9.48 Å². The maximum atomic E-state index is 12.7. The number of piperazine rings is 1. The summed E-state index contributed by atoms with van der Waals surface area (Å²) in [6, 6.07) is 5.49. The molecule has 4 rings (SSSR count). The number of hydrogen-bond acceptors (Lipinski definition) is 6. The van der Waals surface area contributed by atoms with E-state index in [2.05, 4.69) is 10.00 Å². The van der Waals surface area contributed by atoms with Crippen LogP contribution in [0.3, 0.4) is 0 Å². The second-order valence-corrected chi connectivity index (χ2v) is 7.88. The minimum absolute atomic E-state index is 0.0210. The molecule has 9 heteroatoms. The van der Waals surface area contributed by atoms with Crippen LogP contribution < -0.4 is 9.64 Å². The Hall–Kier alpha value is -2.32. The summed E-state index contributed by atoms with van der Waals surface area (Å²) >= 11 is 7.88. The number of carbonyl (C=O) groups is 1. The van der Waals surface area contributed by atoms with Gasteiger partial charge in [0.05, 0.1) is 16.8 Å². The van der Waals surface area contributed by atoms with Crippen LogP contribution in [0, 0.1) is 6.92 Å². The lowest BCUT2D eigenvalue weighted by Gasteiger charge is -2.34. The second-order valence-electron chi connectivity index (χ2n) is 6.50. The Morgan fingerprint density at radius 1 is 1.26 bits per heavy atom. The molecule has 1 aliphatic heterocycles. The largest absolute Gasteiger partial charge is 0.494 e. The maximum absolute atomic E-state index is 12.7. The molecule has 27 heavy (non-hydrogen) atoms. The Balaban J connectivity index is 1.50. The Labute approximate surface area is 166 Å². The topological polar surface area (TPSA) is 63.5 Å². The van der Waals surface area contributed by atoms with Crippen molar-refractivity contribution in [2.45, 2.75) is 6.92 Å². The highest BCUT2D eigenvalue weighted by molar-refractivity contribution is 7.22. The summed E-state index contributed by atoms with van der Waals surface area (Å²) in [6.45, 7) is 4.65. The third kappa shape index (κ3) is 3.23. The van der Waals surface area contributed by atoms with E-state index in [1.54, 1.807) is 23.1 Å². The van der Waals surface area contributed by atoms with Crippen LogP contribution >= 0.6 is 22.9 Å². The normalized spacial score (nSPS) is 14.8. The molecule has 1 fully saturated rings. The highest BCUT2D eigenvalue weighted by Crippen LogP contribution is 2.38. The van der Waals surface area contributed by atoms with Gasteiger partial charge >= 0.3 is 0 Å². The molecule has 1 saturated heterocycles. The van der Waals surface area contributed by atoms with Gasteiger partial charge in [0.25, 0.3) is 5.91 Å². The first-order valence-corrected chi connectivity index (χ1v) is 9.85. The zero-order valence-corrected chi connectivity index (χ0v) is 17.0. The summed E-state index contributed by atoms with van der Waals surface area (Å²) < 4.78 is 8.05. The number of rotatable bonds is 3. The van der Waals surface area contributed by atoms with Crippen LogP contribution in [-0.2, 0) is 7.05 Å². The Morgan fingerprint density at radius 2 is 2.00 bits per heavy atom. The van der Waals surface area contributed by atoms with Crippen LogP contribution in [0.5, 0.6) is 5.75 Å². The monoisotopic (exact) mass is 405 g/mol. The summed E-state index contributed by atoms with van der Waals surface area (Å²) in [5.41, 5.74) is 2.25. The number of methoxy groups -OCH3 is 1. The summed E-state index contributed by atoms with van der Waals surface area (Å²) in [5, 5.41) is 5.87. The lowest BCUT2D eigenvalue weighted by atomic mass is 10.2. The fourth-order valence-electron chi connectivity index (χ4n) is 3.17. The van der Waals surface area contributed by atoms with E-state index in [-0.39, 0.29) is 5.91 Å². The Morgan fingerprint density at radius 3 is 2.63 bits per heavy atom. The van der Waals surface area contributed by atoms with E-state index >= 15 is 0 Å². The van der Waals surface area contributed by atoms with Gasteiger partial charge in [0.15, 0.2) is 10.8 Å².